The van der Waals surface area contributed by atoms with Gasteiger partial charge >= 0.3 is 0 Å². The molecular weight excluding hydrogens is 310 g/mol. The second kappa shape index (κ2) is 6.78. The Morgan fingerprint density at radius 1 is 1.39 bits per heavy atom. The second-order valence-corrected chi connectivity index (χ2v) is 6.25. The summed E-state index contributed by atoms with van der Waals surface area (Å²) in [6, 6.07) is 8.10. The third-order valence-corrected chi connectivity index (χ3v) is 4.56. The molecule has 6 nitrogen and oxygen atoms in total. The Morgan fingerprint density at radius 3 is 3.04 bits per heavy atom. The first-order valence-corrected chi connectivity index (χ1v) is 8.44. The van der Waals surface area contributed by atoms with E-state index in [1.54, 1.807) is 0 Å². The number of amides is 1. The molecule has 0 spiro atoms. The lowest BCUT2D eigenvalue weighted by Gasteiger charge is -2.06. The van der Waals surface area contributed by atoms with E-state index in [2.05, 4.69) is 21.5 Å². The zero-order chi connectivity index (χ0) is 16.2. The molecule has 0 fully saturated rings. The van der Waals surface area contributed by atoms with E-state index in [1.807, 2.05) is 36.0 Å². The van der Waals surface area contributed by atoms with E-state index in [4.69, 9.17) is 5.73 Å². The van der Waals surface area contributed by atoms with Gasteiger partial charge in [0, 0.05) is 18.5 Å². The number of aromatic nitrogens is 3. The van der Waals surface area contributed by atoms with Gasteiger partial charge in [0.05, 0.1) is 17.4 Å². The predicted molar refractivity (Wildman–Crippen MR) is 92.6 cm³/mol. The van der Waals surface area contributed by atoms with E-state index in [1.165, 1.54) is 11.3 Å². The molecule has 3 rings (SSSR count). The molecule has 2 heterocycles. The smallest absolute Gasteiger partial charge is 0.263 e. The van der Waals surface area contributed by atoms with Crippen molar-refractivity contribution in [3.63, 3.8) is 0 Å². The first kappa shape index (κ1) is 15.5. The number of nitrogen functional groups attached to an aromatic ring is 1. The fraction of sp³-hybridized carbons (Fsp3) is 0.312. The molecule has 0 radical (unpaired) electrons. The van der Waals surface area contributed by atoms with E-state index in [0.29, 0.717) is 23.0 Å². The number of thiazole rings is 1. The Kier molecular flexibility index (Phi) is 4.57. The van der Waals surface area contributed by atoms with Crippen LogP contribution in [0.1, 0.15) is 28.7 Å². The van der Waals surface area contributed by atoms with Crippen LogP contribution in [0.3, 0.4) is 0 Å². The van der Waals surface area contributed by atoms with Crippen LogP contribution in [0.2, 0.25) is 0 Å². The van der Waals surface area contributed by atoms with Gasteiger partial charge in [0.15, 0.2) is 5.13 Å². The molecule has 0 aliphatic carbocycles. The van der Waals surface area contributed by atoms with Crippen molar-refractivity contribution in [1.29, 1.82) is 0 Å². The molecular formula is C16H19N5OS. The Labute approximate surface area is 138 Å². The highest BCUT2D eigenvalue weighted by Crippen LogP contribution is 2.20. The summed E-state index contributed by atoms with van der Waals surface area (Å²) < 4.78 is 1.96. The summed E-state index contributed by atoms with van der Waals surface area (Å²) in [5.74, 6) is -0.0960. The number of aryl methyl sites for hydroxylation is 2. The molecule has 120 valence electrons. The van der Waals surface area contributed by atoms with Crippen molar-refractivity contribution in [3.05, 3.63) is 41.0 Å². The quantitative estimate of drug-likeness (QED) is 0.680. The van der Waals surface area contributed by atoms with E-state index in [9.17, 15) is 4.79 Å². The number of nitrogens with one attached hydrogen (secondary N) is 1. The summed E-state index contributed by atoms with van der Waals surface area (Å²) in [6.45, 7) is 3.32. The van der Waals surface area contributed by atoms with Crippen LogP contribution in [-0.2, 0) is 13.0 Å². The molecule has 0 atom stereocenters. The number of anilines is 1. The Bertz CT molecular complexity index is 823. The predicted octanol–water partition coefficient (Wildman–Crippen LogP) is 2.46. The Hall–Kier alpha value is -2.41. The maximum Gasteiger partial charge on any atom is 0.263 e. The summed E-state index contributed by atoms with van der Waals surface area (Å²) in [5, 5.41) is 8.88. The minimum atomic E-state index is -0.0960. The standard InChI is InChI=1S/C16H19N5OS/c1-2-12-14(23-16(17)20-12)15(22)18-8-5-9-21-13-7-4-3-6-11(13)10-19-21/h3-4,6-7,10H,2,5,8-9H2,1H3,(H2,17,20)(H,18,22). The van der Waals surface area contributed by atoms with E-state index in [0.717, 1.165) is 29.6 Å². The Balaban J connectivity index is 1.54. The molecule has 3 aromatic rings. The third-order valence-electron chi connectivity index (χ3n) is 3.64. The summed E-state index contributed by atoms with van der Waals surface area (Å²) in [4.78, 5) is 17.0. The maximum absolute atomic E-state index is 12.2. The molecule has 0 saturated heterocycles. The lowest BCUT2D eigenvalue weighted by Crippen LogP contribution is -2.25. The largest absolute Gasteiger partial charge is 0.375 e. The van der Waals surface area contributed by atoms with Gasteiger partial charge in [-0.15, -0.1) is 0 Å². The van der Waals surface area contributed by atoms with Crippen LogP contribution in [0.4, 0.5) is 5.13 Å². The molecule has 0 bridgehead atoms. The number of carbonyl (C=O) groups excluding carboxylic acids is 1. The number of fused-ring (bicyclic) bond motifs is 1. The average molecular weight is 329 g/mol. The molecule has 0 aliphatic heterocycles. The summed E-state index contributed by atoms with van der Waals surface area (Å²) in [5.41, 5.74) is 7.56. The highest BCUT2D eigenvalue weighted by atomic mass is 32.1. The second-order valence-electron chi connectivity index (χ2n) is 5.22. The number of rotatable bonds is 6. The topological polar surface area (TPSA) is 85.8 Å². The van der Waals surface area contributed by atoms with Crippen molar-refractivity contribution in [1.82, 2.24) is 20.1 Å². The van der Waals surface area contributed by atoms with Gasteiger partial charge in [-0.1, -0.05) is 36.5 Å². The molecule has 1 aromatic carbocycles. The van der Waals surface area contributed by atoms with Crippen LogP contribution in [0.15, 0.2) is 30.5 Å². The zero-order valence-electron chi connectivity index (χ0n) is 13.0. The summed E-state index contributed by atoms with van der Waals surface area (Å²) in [7, 11) is 0. The van der Waals surface area contributed by atoms with Crippen LogP contribution in [-0.4, -0.2) is 27.2 Å². The molecule has 23 heavy (non-hydrogen) atoms. The highest BCUT2D eigenvalue weighted by Gasteiger charge is 2.15. The highest BCUT2D eigenvalue weighted by molar-refractivity contribution is 7.17. The minimum absolute atomic E-state index is 0.0960. The number of nitrogens with zero attached hydrogens (tertiary/aromatic N) is 3. The van der Waals surface area contributed by atoms with Gasteiger partial charge in [0.25, 0.3) is 5.91 Å². The maximum atomic E-state index is 12.2. The van der Waals surface area contributed by atoms with Gasteiger partial charge in [-0.05, 0) is 18.9 Å². The Morgan fingerprint density at radius 2 is 2.22 bits per heavy atom. The lowest BCUT2D eigenvalue weighted by molar-refractivity contribution is 0.0955. The molecule has 1 amide bonds. The van der Waals surface area contributed by atoms with Crippen molar-refractivity contribution in [2.45, 2.75) is 26.3 Å². The van der Waals surface area contributed by atoms with Crippen LogP contribution in [0.25, 0.3) is 10.9 Å². The molecule has 7 heteroatoms. The minimum Gasteiger partial charge on any atom is -0.375 e. The zero-order valence-corrected chi connectivity index (χ0v) is 13.8. The number of hydrogen-bond donors (Lipinski definition) is 2. The van der Waals surface area contributed by atoms with Gasteiger partial charge in [-0.3, -0.25) is 9.48 Å². The first-order chi connectivity index (χ1) is 11.2. The normalized spacial score (nSPS) is 11.0. The van der Waals surface area contributed by atoms with Crippen molar-refractivity contribution in [2.24, 2.45) is 0 Å². The van der Waals surface area contributed by atoms with Crippen LogP contribution in [0.5, 0.6) is 0 Å². The van der Waals surface area contributed by atoms with Crippen molar-refractivity contribution in [3.8, 4) is 0 Å². The van der Waals surface area contributed by atoms with Crippen molar-refractivity contribution < 1.29 is 4.79 Å². The third kappa shape index (κ3) is 3.34. The van der Waals surface area contributed by atoms with Crippen molar-refractivity contribution >= 4 is 33.3 Å². The summed E-state index contributed by atoms with van der Waals surface area (Å²) >= 11 is 1.24. The lowest BCUT2D eigenvalue weighted by atomic mass is 10.2. The summed E-state index contributed by atoms with van der Waals surface area (Å²) in [6.07, 6.45) is 3.38. The molecule has 2 aromatic heterocycles. The number of hydrogen-bond acceptors (Lipinski definition) is 5. The monoisotopic (exact) mass is 329 g/mol. The van der Waals surface area contributed by atoms with E-state index in [-0.39, 0.29) is 5.91 Å². The fourth-order valence-electron chi connectivity index (χ4n) is 2.50. The van der Waals surface area contributed by atoms with Gasteiger partial charge < -0.3 is 11.1 Å². The number of carbonyl (C=O) groups is 1. The SMILES string of the molecule is CCc1nc(N)sc1C(=O)NCCCn1ncc2ccccc21. The van der Waals surface area contributed by atoms with Crippen molar-refractivity contribution in [2.75, 3.05) is 12.3 Å². The molecule has 3 N–H and O–H groups in total. The van der Waals surface area contributed by atoms with E-state index < -0.39 is 0 Å². The van der Waals surface area contributed by atoms with Gasteiger partial charge in [-0.2, -0.15) is 5.10 Å². The van der Waals surface area contributed by atoms with Gasteiger partial charge in [-0.25, -0.2) is 4.98 Å². The average Bonchev–Trinajstić information content (AvgIpc) is 3.15. The first-order valence-electron chi connectivity index (χ1n) is 7.63. The number of para-hydroxylation sites is 1. The molecule has 0 unspecified atom stereocenters. The van der Waals surface area contributed by atoms with E-state index >= 15 is 0 Å². The van der Waals surface area contributed by atoms with Crippen LogP contribution < -0.4 is 11.1 Å². The van der Waals surface area contributed by atoms with Crippen LogP contribution >= 0.6 is 11.3 Å². The number of benzene rings is 1. The van der Waals surface area contributed by atoms with Gasteiger partial charge in [0.2, 0.25) is 0 Å². The number of nitrogens with two attached hydrogens (primary N) is 1. The molecule has 0 aliphatic rings. The fourth-order valence-corrected chi connectivity index (χ4v) is 3.34. The van der Waals surface area contributed by atoms with Crippen LogP contribution in [0, 0.1) is 0 Å². The molecule has 0 saturated carbocycles. The van der Waals surface area contributed by atoms with Gasteiger partial charge in [0.1, 0.15) is 4.88 Å².